The third kappa shape index (κ3) is 11.3. The monoisotopic (exact) mass is 878 g/mol. The molecule has 0 radical (unpaired) electrons. The summed E-state index contributed by atoms with van der Waals surface area (Å²) < 4.78 is 33.7. The maximum Gasteiger partial charge on any atom is 0.410 e. The molecule has 2 saturated heterocycles. The molecule has 2 unspecified atom stereocenters. The van der Waals surface area contributed by atoms with E-state index in [4.69, 9.17) is 51.1 Å². The molecule has 6 rings (SSSR count). The molecule has 0 bridgehead atoms. The molecule has 2 atom stereocenters. The Morgan fingerprint density at radius 3 is 1.79 bits per heavy atom. The molecular formula is C30H37Cl5F2N10O4S2. The van der Waals surface area contributed by atoms with Gasteiger partial charge in [-0.1, -0.05) is 53.8 Å². The van der Waals surface area contributed by atoms with Gasteiger partial charge in [-0.2, -0.15) is 0 Å². The molecule has 0 aromatic carbocycles. The van der Waals surface area contributed by atoms with Crippen molar-refractivity contribution >= 4 is 99.2 Å². The van der Waals surface area contributed by atoms with Crippen LogP contribution in [0.3, 0.4) is 0 Å². The lowest BCUT2D eigenvalue weighted by Gasteiger charge is -2.26. The molecule has 0 saturated carbocycles. The third-order valence-corrected chi connectivity index (χ3v) is 10.4. The van der Waals surface area contributed by atoms with Crippen molar-refractivity contribution in [1.29, 1.82) is 0 Å². The predicted molar refractivity (Wildman–Crippen MR) is 211 cm³/mol. The van der Waals surface area contributed by atoms with Crippen molar-refractivity contribution < 1.29 is 18.3 Å². The lowest BCUT2D eigenvalue weighted by Crippen LogP contribution is -2.40. The van der Waals surface area contributed by atoms with Crippen LogP contribution in [0.15, 0.2) is 20.6 Å². The second-order valence-corrected chi connectivity index (χ2v) is 15.4. The summed E-state index contributed by atoms with van der Waals surface area (Å²) in [7, 11) is 0. The second-order valence-electron chi connectivity index (χ2n) is 12.3. The van der Waals surface area contributed by atoms with Crippen LogP contribution < -0.4 is 26.2 Å². The van der Waals surface area contributed by atoms with E-state index < -0.39 is 35.2 Å². The van der Waals surface area contributed by atoms with Gasteiger partial charge in [0.2, 0.25) is 0 Å². The van der Waals surface area contributed by atoms with Gasteiger partial charge < -0.3 is 34.7 Å². The topological polar surface area (TPSA) is 165 Å². The van der Waals surface area contributed by atoms with Gasteiger partial charge >= 0.3 is 6.09 Å². The van der Waals surface area contributed by atoms with E-state index in [1.54, 1.807) is 36.1 Å². The van der Waals surface area contributed by atoms with E-state index in [1.165, 1.54) is 33.1 Å². The van der Waals surface area contributed by atoms with Crippen LogP contribution in [0.5, 0.6) is 0 Å². The van der Waals surface area contributed by atoms with Gasteiger partial charge in [-0.25, -0.2) is 33.5 Å². The van der Waals surface area contributed by atoms with E-state index in [-0.39, 0.29) is 103 Å². The highest BCUT2D eigenvalue weighted by atomic mass is 35.5. The van der Waals surface area contributed by atoms with Gasteiger partial charge in [0.05, 0.1) is 30.7 Å². The Bertz CT molecular complexity index is 1980. The van der Waals surface area contributed by atoms with Gasteiger partial charge in [0.15, 0.2) is 33.6 Å². The van der Waals surface area contributed by atoms with E-state index in [1.807, 2.05) is 0 Å². The van der Waals surface area contributed by atoms with Gasteiger partial charge in [-0.3, -0.25) is 9.59 Å². The molecule has 4 aromatic rings. The Hall–Kier alpha value is -2.84. The number of rotatable bonds is 4. The van der Waals surface area contributed by atoms with Crippen molar-refractivity contribution in [2.75, 3.05) is 62.2 Å². The summed E-state index contributed by atoms with van der Waals surface area (Å²) in [5.41, 5.74) is 1.33. The summed E-state index contributed by atoms with van der Waals surface area (Å²) in [5.74, 6) is 0.870. The summed E-state index contributed by atoms with van der Waals surface area (Å²) in [5, 5.41) is 3.21. The Labute approximate surface area is 337 Å². The number of alkyl halides is 2. The minimum Gasteiger partial charge on any atom is -0.444 e. The van der Waals surface area contributed by atoms with Crippen LogP contribution in [0.2, 0.25) is 20.4 Å². The fourth-order valence-electron chi connectivity index (χ4n) is 5.00. The number of amides is 1. The molecule has 0 aliphatic carbocycles. The molecule has 0 spiro atoms. The largest absolute Gasteiger partial charge is 0.444 e. The maximum absolute atomic E-state index is 14.6. The standard InChI is InChI=1S/C17H20Cl2FN5O3S.C12H12Cl2FN5OS.CH4.ClH/c1-17(2,3)28-16(27)25-5-4-24(6-9(20)7-25)14-10(18)15(26)23-13(22-14)11-12(19)21-8-29-11;13-7-11(20-2-1-16-3-6(15)4-20)18-10(19-12(7)21)8-9(14)17-5-22-8;;/h8-9H,4-7H2,1-3H3,(H,22,23,26);5-6,16H,1-4H2,(H,18,19,21);1H4;1H. The van der Waals surface area contributed by atoms with Crippen LogP contribution >= 0.6 is 81.5 Å². The fraction of sp³-hybridized carbons (Fsp3) is 0.500. The van der Waals surface area contributed by atoms with Crippen molar-refractivity contribution in [3.63, 3.8) is 0 Å². The van der Waals surface area contributed by atoms with Crippen molar-refractivity contribution in [3.05, 3.63) is 52.1 Å². The number of ether oxygens (including phenoxy) is 1. The smallest absolute Gasteiger partial charge is 0.410 e. The van der Waals surface area contributed by atoms with Crippen LogP contribution in [0.25, 0.3) is 21.4 Å². The SMILES string of the molecule is C.CC(C)(C)OC(=O)N1CCN(c2nc(-c3scnc3Cl)[nH]c(=O)c2Cl)CC(F)C1.Cl.O=c1[nH]c(-c2scnc2Cl)nc(N2CCNCC(F)C2)c1Cl. The number of aromatic amines is 2. The summed E-state index contributed by atoms with van der Waals surface area (Å²) in [6.07, 6.45) is -3.03. The average molecular weight is 881 g/mol. The number of anilines is 2. The Morgan fingerprint density at radius 2 is 1.32 bits per heavy atom. The van der Waals surface area contributed by atoms with Gasteiger partial charge in [0.1, 0.15) is 37.7 Å². The lowest BCUT2D eigenvalue weighted by atomic mass is 10.2. The molecule has 4 aromatic heterocycles. The van der Waals surface area contributed by atoms with Crippen LogP contribution in [-0.2, 0) is 4.74 Å². The number of carbonyl (C=O) groups excluding carboxylic acids is 1. The first-order chi connectivity index (χ1) is 24.1. The molecule has 53 heavy (non-hydrogen) atoms. The molecule has 1 amide bonds. The van der Waals surface area contributed by atoms with E-state index in [0.29, 0.717) is 22.8 Å². The van der Waals surface area contributed by atoms with Crippen molar-refractivity contribution in [2.45, 2.75) is 46.1 Å². The second kappa shape index (κ2) is 19.2. The quantitative estimate of drug-likeness (QED) is 0.202. The van der Waals surface area contributed by atoms with Gasteiger partial charge in [0, 0.05) is 32.7 Å². The molecule has 6 heterocycles. The number of aromatic nitrogens is 6. The van der Waals surface area contributed by atoms with E-state index in [0.717, 1.165) is 0 Å². The molecule has 23 heteroatoms. The number of hydrogen-bond acceptors (Lipinski definition) is 13. The molecule has 292 valence electrons. The Kier molecular flexibility index (Phi) is 16.1. The average Bonchev–Trinajstić information content (AvgIpc) is 3.55. The highest BCUT2D eigenvalue weighted by Crippen LogP contribution is 2.32. The normalized spacial score (nSPS) is 17.8. The zero-order valence-corrected chi connectivity index (χ0v) is 33.2. The highest BCUT2D eigenvalue weighted by Gasteiger charge is 2.31. The number of nitrogens with zero attached hydrogens (tertiary/aromatic N) is 7. The Morgan fingerprint density at radius 1 is 0.830 bits per heavy atom. The Balaban J connectivity index is 0.000000284. The summed E-state index contributed by atoms with van der Waals surface area (Å²) in [4.78, 5) is 64.0. The van der Waals surface area contributed by atoms with Crippen LogP contribution in [0.4, 0.5) is 25.2 Å². The molecule has 2 aliphatic heterocycles. The van der Waals surface area contributed by atoms with Crippen molar-refractivity contribution in [1.82, 2.24) is 40.1 Å². The maximum atomic E-state index is 14.6. The summed E-state index contributed by atoms with van der Waals surface area (Å²) >= 11 is 26.7. The fourth-order valence-corrected chi connectivity index (χ4v) is 7.33. The zero-order valence-electron chi connectivity index (χ0n) is 27.7. The number of thiazole rings is 2. The van der Waals surface area contributed by atoms with E-state index in [9.17, 15) is 23.2 Å². The zero-order chi connectivity index (χ0) is 37.0. The van der Waals surface area contributed by atoms with E-state index >= 15 is 0 Å². The number of carbonyl (C=O) groups is 1. The lowest BCUT2D eigenvalue weighted by molar-refractivity contribution is 0.0229. The summed E-state index contributed by atoms with van der Waals surface area (Å²) in [6.45, 7) is 6.93. The van der Waals surface area contributed by atoms with Crippen LogP contribution in [0.1, 0.15) is 28.2 Å². The predicted octanol–water partition coefficient (Wildman–Crippen LogP) is 6.60. The van der Waals surface area contributed by atoms with E-state index in [2.05, 4.69) is 35.2 Å². The number of hydrogen-bond donors (Lipinski definition) is 3. The van der Waals surface area contributed by atoms with Crippen LogP contribution in [0, 0.1) is 0 Å². The number of halogens is 7. The van der Waals surface area contributed by atoms with Gasteiger partial charge in [0.25, 0.3) is 11.1 Å². The first-order valence-corrected chi connectivity index (χ1v) is 18.6. The molecular weight excluding hydrogens is 844 g/mol. The highest BCUT2D eigenvalue weighted by molar-refractivity contribution is 7.14. The van der Waals surface area contributed by atoms with Crippen molar-refractivity contribution in [2.24, 2.45) is 0 Å². The molecule has 2 fully saturated rings. The first-order valence-electron chi connectivity index (χ1n) is 15.4. The van der Waals surface area contributed by atoms with Gasteiger partial charge in [-0.15, -0.1) is 35.1 Å². The number of H-pyrrole nitrogens is 2. The summed E-state index contributed by atoms with van der Waals surface area (Å²) in [6, 6.07) is 0. The third-order valence-electron chi connectivity index (χ3n) is 7.24. The first kappa shape index (κ1) is 44.6. The minimum absolute atomic E-state index is 0. The van der Waals surface area contributed by atoms with Crippen LogP contribution in [-0.4, -0.2) is 111 Å². The van der Waals surface area contributed by atoms with Crippen molar-refractivity contribution in [3.8, 4) is 21.4 Å². The molecule has 3 N–H and O–H groups in total. The molecule has 2 aliphatic rings. The minimum atomic E-state index is -1.38. The molecule has 14 nitrogen and oxygen atoms in total. The number of nitrogens with one attached hydrogen (secondary N) is 3. The van der Waals surface area contributed by atoms with Gasteiger partial charge in [-0.05, 0) is 20.8 Å².